The number of amides is 1. The molecule has 1 aliphatic heterocycles. The Morgan fingerprint density at radius 2 is 2.00 bits per heavy atom. The second kappa shape index (κ2) is 10.9. The zero-order valence-electron chi connectivity index (χ0n) is 15.7. The van der Waals surface area contributed by atoms with Crippen LogP contribution in [0, 0.1) is 0 Å². The average Bonchev–Trinajstić information content (AvgIpc) is 3.12. The topological polar surface area (TPSA) is 71.4 Å². The van der Waals surface area contributed by atoms with Crippen molar-refractivity contribution in [3.8, 4) is 11.4 Å². The van der Waals surface area contributed by atoms with Gasteiger partial charge in [0, 0.05) is 39.3 Å². The summed E-state index contributed by atoms with van der Waals surface area (Å²) in [5, 5.41) is 10.8. The number of halogens is 1. The highest BCUT2D eigenvalue weighted by Crippen LogP contribution is 2.20. The highest BCUT2D eigenvalue weighted by Gasteiger charge is 2.19. The lowest BCUT2D eigenvalue weighted by atomic mass is 10.3. The maximum atomic E-state index is 12.6. The lowest BCUT2D eigenvalue weighted by Crippen LogP contribution is -2.46. The fourth-order valence-electron chi connectivity index (χ4n) is 2.89. The van der Waals surface area contributed by atoms with E-state index in [1.165, 1.54) is 0 Å². The number of nitrogens with zero attached hydrogens (tertiary/aromatic N) is 3. The molecule has 0 radical (unpaired) electrons. The molecule has 1 saturated heterocycles. The van der Waals surface area contributed by atoms with Gasteiger partial charge >= 0.3 is 0 Å². The van der Waals surface area contributed by atoms with Gasteiger partial charge in [-0.25, -0.2) is 4.68 Å². The second-order valence-corrected chi connectivity index (χ2v) is 6.32. The predicted molar refractivity (Wildman–Crippen MR) is 108 cm³/mol. The van der Waals surface area contributed by atoms with Crippen LogP contribution in [0.1, 0.15) is 23.8 Å². The number of para-hydroxylation sites is 1. The summed E-state index contributed by atoms with van der Waals surface area (Å²) in [6, 6.07) is 9.73. The van der Waals surface area contributed by atoms with Gasteiger partial charge in [0.25, 0.3) is 5.91 Å². The minimum absolute atomic E-state index is 0. The van der Waals surface area contributed by atoms with Gasteiger partial charge in [-0.05, 0) is 18.6 Å². The molecule has 2 aromatic rings. The minimum atomic E-state index is -0.194. The Balaban J connectivity index is 0.00000261. The van der Waals surface area contributed by atoms with E-state index >= 15 is 0 Å². The minimum Gasteiger partial charge on any atom is -0.489 e. The van der Waals surface area contributed by atoms with E-state index in [0.717, 1.165) is 44.8 Å². The summed E-state index contributed by atoms with van der Waals surface area (Å²) in [7, 11) is 0. The Morgan fingerprint density at radius 1 is 1.26 bits per heavy atom. The SMILES string of the molecule is CCCOc1cn(-c2ccccc2)nc1C(=O)NCCN1CCNCC1.Cl. The Labute approximate surface area is 166 Å². The third-order valence-electron chi connectivity index (χ3n) is 4.30. The van der Waals surface area contributed by atoms with E-state index in [0.29, 0.717) is 24.6 Å². The molecule has 0 aliphatic carbocycles. The number of hydrogen-bond acceptors (Lipinski definition) is 5. The van der Waals surface area contributed by atoms with Crippen molar-refractivity contribution in [3.05, 3.63) is 42.2 Å². The number of aromatic nitrogens is 2. The highest BCUT2D eigenvalue weighted by atomic mass is 35.5. The normalized spacial score (nSPS) is 14.4. The van der Waals surface area contributed by atoms with E-state index in [2.05, 4.69) is 20.6 Å². The van der Waals surface area contributed by atoms with Crippen molar-refractivity contribution < 1.29 is 9.53 Å². The molecular formula is C19H28ClN5O2. The van der Waals surface area contributed by atoms with Crippen molar-refractivity contribution in [2.75, 3.05) is 45.9 Å². The lowest BCUT2D eigenvalue weighted by Gasteiger charge is -2.27. The quantitative estimate of drug-likeness (QED) is 0.714. The molecule has 1 fully saturated rings. The molecule has 2 N–H and O–H groups in total. The van der Waals surface area contributed by atoms with Crippen LogP contribution >= 0.6 is 12.4 Å². The first-order chi connectivity index (χ1) is 12.8. The molecule has 3 rings (SSSR count). The van der Waals surface area contributed by atoms with Crippen molar-refractivity contribution in [2.24, 2.45) is 0 Å². The predicted octanol–water partition coefficient (Wildman–Crippen LogP) is 1.72. The fourth-order valence-corrected chi connectivity index (χ4v) is 2.89. The molecule has 0 unspecified atom stereocenters. The van der Waals surface area contributed by atoms with Crippen LogP contribution in [0.4, 0.5) is 0 Å². The second-order valence-electron chi connectivity index (χ2n) is 6.32. The number of benzene rings is 1. The van der Waals surface area contributed by atoms with Gasteiger partial charge in [-0.2, -0.15) is 5.10 Å². The zero-order valence-corrected chi connectivity index (χ0v) is 16.5. The molecule has 1 amide bonds. The number of carbonyl (C=O) groups is 1. The van der Waals surface area contributed by atoms with E-state index in [-0.39, 0.29) is 18.3 Å². The standard InChI is InChI=1S/C19H27N5O2.ClH/c1-2-14-26-17-15-24(16-6-4-3-5-7-16)22-18(17)19(25)21-10-13-23-11-8-20-9-12-23;/h3-7,15,20H,2,8-14H2,1H3,(H,21,25);1H. The average molecular weight is 394 g/mol. The van der Waals surface area contributed by atoms with Gasteiger partial charge in [0.1, 0.15) is 0 Å². The molecule has 0 saturated carbocycles. The third-order valence-corrected chi connectivity index (χ3v) is 4.30. The first kappa shape index (κ1) is 21.2. The van der Waals surface area contributed by atoms with E-state index < -0.39 is 0 Å². The van der Waals surface area contributed by atoms with Crippen LogP contribution in [0.2, 0.25) is 0 Å². The summed E-state index contributed by atoms with van der Waals surface area (Å²) in [5.41, 5.74) is 1.23. The molecule has 2 heterocycles. The maximum Gasteiger partial charge on any atom is 0.275 e. The van der Waals surface area contributed by atoms with E-state index in [1.807, 2.05) is 37.3 Å². The van der Waals surface area contributed by atoms with Crippen LogP contribution in [0.25, 0.3) is 5.69 Å². The highest BCUT2D eigenvalue weighted by molar-refractivity contribution is 5.94. The van der Waals surface area contributed by atoms with Crippen molar-refractivity contribution in [3.63, 3.8) is 0 Å². The van der Waals surface area contributed by atoms with E-state index in [4.69, 9.17) is 4.74 Å². The molecule has 0 atom stereocenters. The van der Waals surface area contributed by atoms with Gasteiger partial charge in [-0.15, -0.1) is 12.4 Å². The summed E-state index contributed by atoms with van der Waals surface area (Å²) < 4.78 is 7.43. The number of nitrogens with one attached hydrogen (secondary N) is 2. The number of piperazine rings is 1. The van der Waals surface area contributed by atoms with E-state index in [9.17, 15) is 4.79 Å². The van der Waals surface area contributed by atoms with Crippen LogP contribution < -0.4 is 15.4 Å². The van der Waals surface area contributed by atoms with Crippen LogP contribution in [0.15, 0.2) is 36.5 Å². The summed E-state index contributed by atoms with van der Waals surface area (Å²) >= 11 is 0. The molecule has 1 aliphatic rings. The van der Waals surface area contributed by atoms with Gasteiger partial charge in [-0.1, -0.05) is 25.1 Å². The van der Waals surface area contributed by atoms with Gasteiger partial charge < -0.3 is 15.4 Å². The number of carbonyl (C=O) groups excluding carboxylic acids is 1. The molecule has 7 nitrogen and oxygen atoms in total. The van der Waals surface area contributed by atoms with Crippen LogP contribution in [0.3, 0.4) is 0 Å². The zero-order chi connectivity index (χ0) is 18.2. The summed E-state index contributed by atoms with van der Waals surface area (Å²) in [4.78, 5) is 15.0. The van der Waals surface area contributed by atoms with Gasteiger partial charge in [0.2, 0.25) is 0 Å². The first-order valence-electron chi connectivity index (χ1n) is 9.27. The largest absolute Gasteiger partial charge is 0.489 e. The Morgan fingerprint density at radius 3 is 2.70 bits per heavy atom. The monoisotopic (exact) mass is 393 g/mol. The number of rotatable bonds is 8. The molecule has 148 valence electrons. The Hall–Kier alpha value is -2.09. The van der Waals surface area contributed by atoms with Crippen LogP contribution in [-0.4, -0.2) is 66.5 Å². The molecule has 1 aromatic carbocycles. The molecular weight excluding hydrogens is 366 g/mol. The smallest absolute Gasteiger partial charge is 0.275 e. The summed E-state index contributed by atoms with van der Waals surface area (Å²) in [5.74, 6) is 0.330. The van der Waals surface area contributed by atoms with Crippen molar-refractivity contribution in [1.29, 1.82) is 0 Å². The molecule has 0 bridgehead atoms. The Kier molecular flexibility index (Phi) is 8.57. The number of ether oxygens (including phenoxy) is 1. The van der Waals surface area contributed by atoms with Gasteiger partial charge in [0.15, 0.2) is 11.4 Å². The maximum absolute atomic E-state index is 12.6. The van der Waals surface area contributed by atoms with Crippen molar-refractivity contribution in [2.45, 2.75) is 13.3 Å². The summed E-state index contributed by atoms with van der Waals surface area (Å²) in [6.07, 6.45) is 2.65. The van der Waals surface area contributed by atoms with Crippen LogP contribution in [-0.2, 0) is 0 Å². The molecule has 8 heteroatoms. The van der Waals surface area contributed by atoms with E-state index in [1.54, 1.807) is 10.9 Å². The van der Waals surface area contributed by atoms with Crippen LogP contribution in [0.5, 0.6) is 5.75 Å². The molecule has 27 heavy (non-hydrogen) atoms. The van der Waals surface area contributed by atoms with Crippen molar-refractivity contribution in [1.82, 2.24) is 25.3 Å². The Bertz CT molecular complexity index is 701. The van der Waals surface area contributed by atoms with Crippen molar-refractivity contribution >= 4 is 18.3 Å². The first-order valence-corrected chi connectivity index (χ1v) is 9.27. The molecule has 1 aromatic heterocycles. The van der Waals surface area contributed by atoms with Gasteiger partial charge in [0.05, 0.1) is 18.5 Å². The third kappa shape index (κ3) is 5.95. The fraction of sp³-hybridized carbons (Fsp3) is 0.474. The summed E-state index contributed by atoms with van der Waals surface area (Å²) in [6.45, 7) is 8.08. The van der Waals surface area contributed by atoms with Gasteiger partial charge in [-0.3, -0.25) is 9.69 Å². The lowest BCUT2D eigenvalue weighted by molar-refractivity contribution is 0.0938. The number of hydrogen-bond donors (Lipinski definition) is 2. The molecule has 0 spiro atoms.